The molecule has 0 saturated carbocycles. The molecule has 0 atom stereocenters. The van der Waals surface area contributed by atoms with Crippen LogP contribution in [0.25, 0.3) is 10.2 Å². The van der Waals surface area contributed by atoms with E-state index in [9.17, 15) is 9.59 Å². The fraction of sp³-hybridized carbons (Fsp3) is 0.318. The Morgan fingerprint density at radius 2 is 1.74 bits per heavy atom. The minimum Gasteiger partial charge on any atom is -0.493 e. The van der Waals surface area contributed by atoms with Crippen molar-refractivity contribution in [2.75, 3.05) is 33.3 Å². The smallest absolute Gasteiger partial charge is 0.306 e. The van der Waals surface area contributed by atoms with Crippen molar-refractivity contribution in [1.29, 1.82) is 0 Å². The number of methoxy groups -OCH3 is 3. The molecule has 3 aromatic rings. The van der Waals surface area contributed by atoms with Gasteiger partial charge in [-0.15, -0.1) is 0 Å². The number of anilines is 1. The van der Waals surface area contributed by atoms with Gasteiger partial charge in [-0.1, -0.05) is 17.4 Å². The van der Waals surface area contributed by atoms with Crippen LogP contribution in [0.4, 0.5) is 5.13 Å². The highest BCUT2D eigenvalue weighted by Gasteiger charge is 2.15. The Bertz CT molecular complexity index is 1070. The highest BCUT2D eigenvalue weighted by atomic mass is 32.1. The van der Waals surface area contributed by atoms with Gasteiger partial charge in [0.05, 0.1) is 31.5 Å². The predicted molar refractivity (Wildman–Crippen MR) is 118 cm³/mol. The molecule has 0 unspecified atom stereocenters. The van der Waals surface area contributed by atoms with Gasteiger partial charge in [-0.25, -0.2) is 4.98 Å². The summed E-state index contributed by atoms with van der Waals surface area (Å²) in [7, 11) is 4.58. The number of nitrogens with zero attached hydrogens (tertiary/aromatic N) is 1. The number of carbonyl (C=O) groups excluding carboxylic acids is 2. The third-order valence-electron chi connectivity index (χ3n) is 4.50. The first kappa shape index (κ1) is 22.4. The van der Waals surface area contributed by atoms with E-state index in [1.807, 2.05) is 25.1 Å². The van der Waals surface area contributed by atoms with E-state index in [2.05, 4.69) is 10.3 Å². The number of benzene rings is 2. The zero-order valence-electron chi connectivity index (χ0n) is 17.8. The van der Waals surface area contributed by atoms with Gasteiger partial charge in [-0.2, -0.15) is 0 Å². The van der Waals surface area contributed by atoms with Crippen molar-refractivity contribution in [3.8, 4) is 17.2 Å². The van der Waals surface area contributed by atoms with Crippen molar-refractivity contribution in [3.05, 3.63) is 41.5 Å². The molecule has 0 bridgehead atoms. The second-order valence-electron chi connectivity index (χ2n) is 6.73. The predicted octanol–water partition coefficient (Wildman–Crippen LogP) is 3.75. The lowest BCUT2D eigenvalue weighted by Crippen LogP contribution is -2.20. The van der Waals surface area contributed by atoms with Gasteiger partial charge < -0.3 is 18.9 Å². The minimum atomic E-state index is -0.483. The summed E-state index contributed by atoms with van der Waals surface area (Å²) >= 11 is 1.37. The van der Waals surface area contributed by atoms with Crippen molar-refractivity contribution in [1.82, 2.24) is 4.98 Å². The molecule has 1 amide bonds. The van der Waals surface area contributed by atoms with Crippen LogP contribution in [0.15, 0.2) is 30.3 Å². The Balaban J connectivity index is 1.51. The van der Waals surface area contributed by atoms with Crippen molar-refractivity contribution >= 4 is 38.6 Å². The maximum atomic E-state index is 12.1. The molecule has 2 aromatic carbocycles. The quantitative estimate of drug-likeness (QED) is 0.502. The topological polar surface area (TPSA) is 96.0 Å². The fourth-order valence-electron chi connectivity index (χ4n) is 2.98. The van der Waals surface area contributed by atoms with Crippen LogP contribution < -0.4 is 19.5 Å². The summed E-state index contributed by atoms with van der Waals surface area (Å²) in [5.74, 6) is 0.588. The summed E-state index contributed by atoms with van der Waals surface area (Å²) in [4.78, 5) is 28.5. The Hall–Kier alpha value is -3.33. The summed E-state index contributed by atoms with van der Waals surface area (Å²) in [6.07, 6.45) is 0.501. The van der Waals surface area contributed by atoms with E-state index in [4.69, 9.17) is 18.9 Å². The lowest BCUT2D eigenvalue weighted by molar-refractivity contribution is -0.147. The van der Waals surface area contributed by atoms with E-state index >= 15 is 0 Å². The van der Waals surface area contributed by atoms with Crippen molar-refractivity contribution in [2.45, 2.75) is 19.8 Å². The number of nitrogens with one attached hydrogen (secondary N) is 1. The highest BCUT2D eigenvalue weighted by Crippen LogP contribution is 2.38. The zero-order valence-corrected chi connectivity index (χ0v) is 18.6. The summed E-state index contributed by atoms with van der Waals surface area (Å²) < 4.78 is 22.0. The summed E-state index contributed by atoms with van der Waals surface area (Å²) in [6, 6.07) is 9.42. The number of fused-ring (bicyclic) bond motifs is 1. The number of aryl methyl sites for hydroxylation is 2. The molecule has 0 saturated heterocycles. The normalized spacial score (nSPS) is 10.6. The maximum absolute atomic E-state index is 12.1. The van der Waals surface area contributed by atoms with Crippen molar-refractivity contribution < 1.29 is 28.5 Å². The van der Waals surface area contributed by atoms with Gasteiger partial charge in [0, 0.05) is 6.42 Å². The average Bonchev–Trinajstić information content (AvgIpc) is 3.16. The Kier molecular flexibility index (Phi) is 7.30. The third kappa shape index (κ3) is 5.64. The van der Waals surface area contributed by atoms with Gasteiger partial charge >= 0.3 is 5.97 Å². The molecule has 0 aliphatic rings. The second-order valence-corrected chi connectivity index (χ2v) is 7.76. The molecule has 0 radical (unpaired) electrons. The van der Waals surface area contributed by atoms with E-state index in [1.165, 1.54) is 32.7 Å². The van der Waals surface area contributed by atoms with Gasteiger partial charge in [-0.3, -0.25) is 14.9 Å². The van der Waals surface area contributed by atoms with Crippen LogP contribution in [-0.4, -0.2) is 44.8 Å². The van der Waals surface area contributed by atoms with Gasteiger partial charge in [0.2, 0.25) is 5.75 Å². The van der Waals surface area contributed by atoms with Crippen molar-refractivity contribution in [2.24, 2.45) is 0 Å². The monoisotopic (exact) mass is 444 g/mol. The number of aromatic nitrogens is 1. The van der Waals surface area contributed by atoms with Crippen LogP contribution in [0.2, 0.25) is 0 Å². The van der Waals surface area contributed by atoms with Gasteiger partial charge in [0.1, 0.15) is 0 Å². The number of ether oxygens (including phenoxy) is 4. The summed E-state index contributed by atoms with van der Waals surface area (Å²) in [6.45, 7) is 1.62. The number of thiazole rings is 1. The Morgan fingerprint density at radius 3 is 2.39 bits per heavy atom. The standard InChI is InChI=1S/C22H24N2O6S/c1-13-5-7-15-18(9-13)31-22(23-15)24-19(25)12-30-20(26)8-6-14-10-16(27-2)21(29-4)17(11-14)28-3/h5,7,9-11H,6,8,12H2,1-4H3,(H,23,24,25). The molecule has 1 aromatic heterocycles. The lowest BCUT2D eigenvalue weighted by atomic mass is 10.1. The molecule has 0 aliphatic carbocycles. The molecular formula is C22H24N2O6S. The van der Waals surface area contributed by atoms with E-state index < -0.39 is 11.9 Å². The molecule has 164 valence electrons. The Labute approximate surface area is 184 Å². The van der Waals surface area contributed by atoms with Gasteiger partial charge in [0.25, 0.3) is 5.91 Å². The second kappa shape index (κ2) is 10.1. The molecule has 8 nitrogen and oxygen atoms in total. The fourth-order valence-corrected chi connectivity index (χ4v) is 3.97. The number of hydrogen-bond donors (Lipinski definition) is 1. The molecule has 0 aliphatic heterocycles. The van der Waals surface area contributed by atoms with Crippen molar-refractivity contribution in [3.63, 3.8) is 0 Å². The van der Waals surface area contributed by atoms with Gasteiger partial charge in [0.15, 0.2) is 23.2 Å². The van der Waals surface area contributed by atoms with Crippen LogP contribution in [0.3, 0.4) is 0 Å². The van der Waals surface area contributed by atoms with Crippen LogP contribution in [0, 0.1) is 6.92 Å². The van der Waals surface area contributed by atoms with Crippen LogP contribution in [-0.2, 0) is 20.7 Å². The lowest BCUT2D eigenvalue weighted by Gasteiger charge is -2.14. The molecule has 0 fully saturated rings. The molecule has 9 heteroatoms. The minimum absolute atomic E-state index is 0.104. The zero-order chi connectivity index (χ0) is 22.4. The number of carbonyl (C=O) groups is 2. The molecule has 1 N–H and O–H groups in total. The van der Waals surface area contributed by atoms with E-state index in [-0.39, 0.29) is 13.0 Å². The molecule has 31 heavy (non-hydrogen) atoms. The third-order valence-corrected chi connectivity index (χ3v) is 5.43. The SMILES string of the molecule is COc1cc(CCC(=O)OCC(=O)Nc2nc3ccc(C)cc3s2)cc(OC)c1OC. The van der Waals surface area contributed by atoms with E-state index in [0.717, 1.165) is 21.3 Å². The summed E-state index contributed by atoms with van der Waals surface area (Å²) in [5.41, 5.74) is 2.75. The van der Waals surface area contributed by atoms with E-state index in [0.29, 0.717) is 28.8 Å². The number of amides is 1. The number of esters is 1. The maximum Gasteiger partial charge on any atom is 0.306 e. The summed E-state index contributed by atoms with van der Waals surface area (Å²) in [5, 5.41) is 3.14. The van der Waals surface area contributed by atoms with E-state index in [1.54, 1.807) is 12.1 Å². The largest absolute Gasteiger partial charge is 0.493 e. The van der Waals surface area contributed by atoms with Crippen LogP contribution in [0.5, 0.6) is 17.2 Å². The first-order valence-electron chi connectivity index (χ1n) is 9.55. The highest BCUT2D eigenvalue weighted by molar-refractivity contribution is 7.22. The van der Waals surface area contributed by atoms with Crippen LogP contribution in [0.1, 0.15) is 17.5 Å². The van der Waals surface area contributed by atoms with Gasteiger partial charge in [-0.05, 0) is 48.7 Å². The number of rotatable bonds is 9. The molecule has 1 heterocycles. The van der Waals surface area contributed by atoms with Crippen LogP contribution >= 0.6 is 11.3 Å². The molecule has 3 rings (SSSR count). The average molecular weight is 445 g/mol. The number of hydrogen-bond acceptors (Lipinski definition) is 8. The molecular weight excluding hydrogens is 420 g/mol. The Morgan fingerprint density at radius 1 is 1.03 bits per heavy atom. The first-order valence-corrected chi connectivity index (χ1v) is 10.4. The molecule has 0 spiro atoms. The first-order chi connectivity index (χ1) is 14.9.